The SMILES string of the molecule is CCNC(=O)COc1ncnc2sccc12. The van der Waals surface area contributed by atoms with Crippen LogP contribution in [0.25, 0.3) is 10.2 Å². The van der Waals surface area contributed by atoms with Crippen molar-refractivity contribution >= 4 is 27.5 Å². The maximum absolute atomic E-state index is 11.2. The van der Waals surface area contributed by atoms with Gasteiger partial charge in [-0.2, -0.15) is 0 Å². The second kappa shape index (κ2) is 4.89. The van der Waals surface area contributed by atoms with Crippen LogP contribution in [0.3, 0.4) is 0 Å². The molecule has 16 heavy (non-hydrogen) atoms. The second-order valence-electron chi connectivity index (χ2n) is 3.06. The summed E-state index contributed by atoms with van der Waals surface area (Å²) in [6.07, 6.45) is 1.44. The lowest BCUT2D eigenvalue weighted by Gasteiger charge is -2.05. The lowest BCUT2D eigenvalue weighted by Crippen LogP contribution is -2.28. The smallest absolute Gasteiger partial charge is 0.257 e. The van der Waals surface area contributed by atoms with Gasteiger partial charge in [0, 0.05) is 6.54 Å². The molecule has 0 atom stereocenters. The van der Waals surface area contributed by atoms with Crippen molar-refractivity contribution < 1.29 is 9.53 Å². The molecule has 5 nitrogen and oxygen atoms in total. The van der Waals surface area contributed by atoms with Gasteiger partial charge in [0.25, 0.3) is 5.91 Å². The van der Waals surface area contributed by atoms with Crippen LogP contribution >= 0.6 is 11.3 Å². The molecule has 2 rings (SSSR count). The van der Waals surface area contributed by atoms with E-state index in [0.717, 1.165) is 10.2 Å². The van der Waals surface area contributed by atoms with Crippen molar-refractivity contribution in [3.05, 3.63) is 17.8 Å². The van der Waals surface area contributed by atoms with E-state index >= 15 is 0 Å². The first-order chi connectivity index (χ1) is 7.81. The van der Waals surface area contributed by atoms with Crippen molar-refractivity contribution in [1.82, 2.24) is 15.3 Å². The maximum Gasteiger partial charge on any atom is 0.257 e. The first-order valence-corrected chi connectivity index (χ1v) is 5.77. The molecule has 0 aliphatic rings. The summed E-state index contributed by atoms with van der Waals surface area (Å²) in [5, 5.41) is 5.41. The van der Waals surface area contributed by atoms with E-state index in [2.05, 4.69) is 15.3 Å². The van der Waals surface area contributed by atoms with Crippen LogP contribution in [0.5, 0.6) is 5.88 Å². The number of ether oxygens (including phenoxy) is 1. The molecular weight excluding hydrogens is 226 g/mol. The Labute approximate surface area is 96.5 Å². The highest BCUT2D eigenvalue weighted by Gasteiger charge is 2.07. The van der Waals surface area contributed by atoms with Crippen LogP contribution in [0.1, 0.15) is 6.92 Å². The molecular formula is C10H11N3O2S. The Hall–Kier alpha value is -1.69. The standard InChI is InChI=1S/C10H11N3O2S/c1-2-11-8(14)5-15-9-7-3-4-16-10(7)13-6-12-9/h3-4,6H,2,5H2,1H3,(H,11,14). The first kappa shape index (κ1) is 10.8. The van der Waals surface area contributed by atoms with Gasteiger partial charge in [0.15, 0.2) is 6.61 Å². The Bertz CT molecular complexity index is 498. The normalized spacial score (nSPS) is 10.3. The van der Waals surface area contributed by atoms with Crippen molar-refractivity contribution in [2.75, 3.05) is 13.2 Å². The van der Waals surface area contributed by atoms with E-state index in [-0.39, 0.29) is 12.5 Å². The zero-order valence-corrected chi connectivity index (χ0v) is 9.58. The van der Waals surface area contributed by atoms with Crippen LogP contribution in [0.2, 0.25) is 0 Å². The zero-order valence-electron chi connectivity index (χ0n) is 8.77. The molecule has 2 aromatic rings. The minimum atomic E-state index is -0.149. The number of hydrogen-bond donors (Lipinski definition) is 1. The van der Waals surface area contributed by atoms with Gasteiger partial charge in [0.1, 0.15) is 11.2 Å². The second-order valence-corrected chi connectivity index (χ2v) is 3.95. The summed E-state index contributed by atoms with van der Waals surface area (Å²) in [4.78, 5) is 20.2. The number of hydrogen-bond acceptors (Lipinski definition) is 5. The number of aromatic nitrogens is 2. The van der Waals surface area contributed by atoms with Crippen molar-refractivity contribution in [3.8, 4) is 5.88 Å². The highest BCUT2D eigenvalue weighted by Crippen LogP contribution is 2.25. The molecule has 2 aromatic heterocycles. The fourth-order valence-electron chi connectivity index (χ4n) is 1.26. The van der Waals surface area contributed by atoms with Crippen molar-refractivity contribution in [3.63, 3.8) is 0 Å². The molecule has 1 amide bonds. The quantitative estimate of drug-likeness (QED) is 0.868. The highest BCUT2D eigenvalue weighted by molar-refractivity contribution is 7.16. The van der Waals surface area contributed by atoms with Gasteiger partial charge in [-0.3, -0.25) is 4.79 Å². The van der Waals surface area contributed by atoms with Gasteiger partial charge in [-0.15, -0.1) is 11.3 Å². The molecule has 0 aliphatic carbocycles. The van der Waals surface area contributed by atoms with E-state index < -0.39 is 0 Å². The third-order valence-electron chi connectivity index (χ3n) is 1.94. The number of fused-ring (bicyclic) bond motifs is 1. The number of likely N-dealkylation sites (N-methyl/N-ethyl adjacent to an activating group) is 1. The van der Waals surface area contributed by atoms with Crippen LogP contribution in [0, 0.1) is 0 Å². The third kappa shape index (κ3) is 2.27. The summed E-state index contributed by atoms with van der Waals surface area (Å²) < 4.78 is 5.34. The van der Waals surface area contributed by atoms with Crippen LogP contribution in [-0.4, -0.2) is 29.0 Å². The predicted molar refractivity (Wildman–Crippen MR) is 61.6 cm³/mol. The van der Waals surface area contributed by atoms with Gasteiger partial charge in [-0.05, 0) is 18.4 Å². The summed E-state index contributed by atoms with van der Waals surface area (Å²) in [6.45, 7) is 2.44. The lowest BCUT2D eigenvalue weighted by atomic mass is 10.4. The van der Waals surface area contributed by atoms with Crippen LogP contribution in [0.15, 0.2) is 17.8 Å². The Morgan fingerprint density at radius 2 is 2.44 bits per heavy atom. The molecule has 2 heterocycles. The van der Waals surface area contributed by atoms with Crippen LogP contribution < -0.4 is 10.1 Å². The molecule has 84 valence electrons. The largest absolute Gasteiger partial charge is 0.467 e. The Morgan fingerprint density at radius 3 is 3.25 bits per heavy atom. The van der Waals surface area contributed by atoms with Gasteiger partial charge in [0.2, 0.25) is 5.88 Å². The van der Waals surface area contributed by atoms with E-state index in [0.29, 0.717) is 12.4 Å². The van der Waals surface area contributed by atoms with E-state index in [1.54, 1.807) is 0 Å². The van der Waals surface area contributed by atoms with Crippen molar-refractivity contribution in [1.29, 1.82) is 0 Å². The fourth-order valence-corrected chi connectivity index (χ4v) is 1.99. The number of amides is 1. The number of nitrogens with one attached hydrogen (secondary N) is 1. The molecule has 6 heteroatoms. The number of carbonyl (C=O) groups excluding carboxylic acids is 1. The minimum Gasteiger partial charge on any atom is -0.467 e. The van der Waals surface area contributed by atoms with E-state index in [1.165, 1.54) is 17.7 Å². The van der Waals surface area contributed by atoms with E-state index in [9.17, 15) is 4.79 Å². The van der Waals surface area contributed by atoms with Gasteiger partial charge < -0.3 is 10.1 Å². The summed E-state index contributed by atoms with van der Waals surface area (Å²) in [7, 11) is 0. The molecule has 0 aromatic carbocycles. The van der Waals surface area contributed by atoms with Gasteiger partial charge in [-0.25, -0.2) is 9.97 Å². The van der Waals surface area contributed by atoms with Crippen LogP contribution in [-0.2, 0) is 4.79 Å². The Balaban J connectivity index is 2.09. The number of rotatable bonds is 4. The molecule has 0 saturated carbocycles. The lowest BCUT2D eigenvalue weighted by molar-refractivity contribution is -0.123. The summed E-state index contributed by atoms with van der Waals surface area (Å²) in [6, 6.07) is 1.88. The van der Waals surface area contributed by atoms with Crippen LogP contribution in [0.4, 0.5) is 0 Å². The zero-order chi connectivity index (χ0) is 11.4. The number of thiophene rings is 1. The molecule has 0 fully saturated rings. The molecule has 0 radical (unpaired) electrons. The van der Waals surface area contributed by atoms with Crippen molar-refractivity contribution in [2.24, 2.45) is 0 Å². The Morgan fingerprint density at radius 1 is 1.56 bits per heavy atom. The predicted octanol–water partition coefficient (Wildman–Crippen LogP) is 1.21. The van der Waals surface area contributed by atoms with E-state index in [1.807, 2.05) is 18.4 Å². The molecule has 0 saturated heterocycles. The maximum atomic E-state index is 11.2. The molecule has 0 spiro atoms. The third-order valence-corrected chi connectivity index (χ3v) is 2.76. The van der Waals surface area contributed by atoms with Crippen molar-refractivity contribution in [2.45, 2.75) is 6.92 Å². The van der Waals surface area contributed by atoms with Gasteiger partial charge >= 0.3 is 0 Å². The average molecular weight is 237 g/mol. The summed E-state index contributed by atoms with van der Waals surface area (Å²) in [5.74, 6) is 0.307. The topological polar surface area (TPSA) is 64.1 Å². The summed E-state index contributed by atoms with van der Waals surface area (Å²) >= 11 is 1.51. The fraction of sp³-hybridized carbons (Fsp3) is 0.300. The van der Waals surface area contributed by atoms with Gasteiger partial charge in [-0.1, -0.05) is 0 Å². The molecule has 0 unspecified atom stereocenters. The highest BCUT2D eigenvalue weighted by atomic mass is 32.1. The molecule has 0 aliphatic heterocycles. The van der Waals surface area contributed by atoms with Gasteiger partial charge in [0.05, 0.1) is 5.39 Å². The Kier molecular flexibility index (Phi) is 3.31. The monoisotopic (exact) mass is 237 g/mol. The first-order valence-electron chi connectivity index (χ1n) is 4.89. The minimum absolute atomic E-state index is 0.0181. The molecule has 0 bridgehead atoms. The van der Waals surface area contributed by atoms with E-state index in [4.69, 9.17) is 4.74 Å². The molecule has 1 N–H and O–H groups in total. The average Bonchev–Trinajstić information content (AvgIpc) is 2.75. The number of nitrogens with zero attached hydrogens (tertiary/aromatic N) is 2. The summed E-state index contributed by atoms with van der Waals surface area (Å²) in [5.41, 5.74) is 0. The number of carbonyl (C=O) groups is 1.